The summed E-state index contributed by atoms with van der Waals surface area (Å²) in [5.41, 5.74) is 2.39. The van der Waals surface area contributed by atoms with Crippen LogP contribution in [0.5, 0.6) is 11.5 Å². The Morgan fingerprint density at radius 1 is 1.12 bits per heavy atom. The van der Waals surface area contributed by atoms with E-state index in [0.29, 0.717) is 18.2 Å². The number of fused-ring (bicyclic) bond motifs is 1. The van der Waals surface area contributed by atoms with Crippen LogP contribution in [0.15, 0.2) is 54.6 Å². The second kappa shape index (κ2) is 8.71. The summed E-state index contributed by atoms with van der Waals surface area (Å²) in [5, 5.41) is 5.64. The van der Waals surface area contributed by atoms with Crippen LogP contribution in [-0.2, 0) is 5.54 Å². The average Bonchev–Trinajstić information content (AvgIpc) is 3.49. The molecular formula is C28H32N2O3. The number of nitrogens with zero attached hydrogens (tertiary/aromatic N) is 1. The van der Waals surface area contributed by atoms with Crippen molar-refractivity contribution in [1.29, 1.82) is 0 Å². The van der Waals surface area contributed by atoms with E-state index in [2.05, 4.69) is 35.5 Å². The highest BCUT2D eigenvalue weighted by Gasteiger charge is 2.47. The van der Waals surface area contributed by atoms with Crippen LogP contribution in [0.3, 0.4) is 0 Å². The number of hydrogen-bond donors (Lipinski definition) is 1. The monoisotopic (exact) mass is 444 g/mol. The number of carbonyl (C=O) groups excluding carboxylic acids is 1. The van der Waals surface area contributed by atoms with Crippen LogP contribution >= 0.6 is 0 Å². The zero-order valence-corrected chi connectivity index (χ0v) is 19.7. The molecule has 1 amide bonds. The Balaban J connectivity index is 1.38. The summed E-state index contributed by atoms with van der Waals surface area (Å²) in [6.07, 6.45) is 4.21. The summed E-state index contributed by atoms with van der Waals surface area (Å²) in [4.78, 5) is 15.8. The van der Waals surface area contributed by atoms with Gasteiger partial charge in [0.15, 0.2) is 0 Å². The minimum Gasteiger partial charge on any atom is -0.497 e. The fourth-order valence-electron chi connectivity index (χ4n) is 4.99. The molecular weight excluding hydrogens is 412 g/mol. The summed E-state index contributed by atoms with van der Waals surface area (Å²) >= 11 is 0. The van der Waals surface area contributed by atoms with Gasteiger partial charge in [-0.25, -0.2) is 0 Å². The Kier molecular flexibility index (Phi) is 5.75. The van der Waals surface area contributed by atoms with Crippen molar-refractivity contribution in [2.24, 2.45) is 0 Å². The predicted octanol–water partition coefficient (Wildman–Crippen LogP) is 5.05. The third kappa shape index (κ3) is 4.30. The van der Waals surface area contributed by atoms with Crippen molar-refractivity contribution in [1.82, 2.24) is 10.2 Å². The Hall–Kier alpha value is -3.05. The minimum absolute atomic E-state index is 0.0552. The largest absolute Gasteiger partial charge is 0.497 e. The van der Waals surface area contributed by atoms with Gasteiger partial charge in [0.25, 0.3) is 5.91 Å². The number of ether oxygens (including phenoxy) is 2. The third-order valence-electron chi connectivity index (χ3n) is 7.26. The standard InChI is InChI=1S/C28H32N2O3/c1-19-10-11-22(33-18-21-8-6-14-30(21)2)16-25(19)27(31)29-28(12-13-28)26-17-23(32-3)15-20-7-4-5-9-24(20)26/h4-5,7,9-11,15-17,21H,6,8,12-14,18H2,1-3H3,(H,29,31). The van der Waals surface area contributed by atoms with E-state index in [-0.39, 0.29) is 11.4 Å². The van der Waals surface area contributed by atoms with E-state index >= 15 is 0 Å². The zero-order chi connectivity index (χ0) is 23.0. The van der Waals surface area contributed by atoms with Crippen LogP contribution < -0.4 is 14.8 Å². The zero-order valence-electron chi connectivity index (χ0n) is 19.7. The fourth-order valence-corrected chi connectivity index (χ4v) is 4.99. The molecule has 5 heteroatoms. The van der Waals surface area contributed by atoms with Gasteiger partial charge in [-0.15, -0.1) is 0 Å². The fraction of sp³-hybridized carbons (Fsp3) is 0.393. The molecule has 1 aliphatic carbocycles. The first-order valence-corrected chi connectivity index (χ1v) is 11.8. The molecule has 172 valence electrons. The number of amides is 1. The third-order valence-corrected chi connectivity index (χ3v) is 7.26. The molecule has 1 heterocycles. The lowest BCUT2D eigenvalue weighted by molar-refractivity contribution is 0.0930. The lowest BCUT2D eigenvalue weighted by Crippen LogP contribution is -2.35. The van der Waals surface area contributed by atoms with Crippen LogP contribution in [0.4, 0.5) is 0 Å². The Labute approximate surface area is 195 Å². The normalized spacial score (nSPS) is 19.4. The van der Waals surface area contributed by atoms with Crippen molar-refractivity contribution in [3.8, 4) is 11.5 Å². The number of rotatable bonds is 7. The molecule has 3 aromatic carbocycles. The van der Waals surface area contributed by atoms with Gasteiger partial charge in [0.05, 0.1) is 12.6 Å². The molecule has 0 bridgehead atoms. The number of aryl methyl sites for hydroxylation is 1. The van der Waals surface area contributed by atoms with Crippen LogP contribution in [0.25, 0.3) is 10.8 Å². The number of methoxy groups -OCH3 is 1. The van der Waals surface area contributed by atoms with Crippen LogP contribution in [0.1, 0.15) is 47.2 Å². The molecule has 0 radical (unpaired) electrons. The van der Waals surface area contributed by atoms with Gasteiger partial charge >= 0.3 is 0 Å². The molecule has 0 aromatic heterocycles. The Bertz CT molecular complexity index is 1180. The smallest absolute Gasteiger partial charge is 0.252 e. The molecule has 2 aliphatic rings. The van der Waals surface area contributed by atoms with Crippen LogP contribution in [0.2, 0.25) is 0 Å². The van der Waals surface area contributed by atoms with Gasteiger partial charge in [-0.1, -0.05) is 30.3 Å². The van der Waals surface area contributed by atoms with Crippen molar-refractivity contribution in [3.05, 3.63) is 71.3 Å². The van der Waals surface area contributed by atoms with Gasteiger partial charge in [0.1, 0.15) is 18.1 Å². The van der Waals surface area contributed by atoms with Gasteiger partial charge in [0, 0.05) is 11.6 Å². The van der Waals surface area contributed by atoms with Gasteiger partial charge in [0.2, 0.25) is 0 Å². The van der Waals surface area contributed by atoms with Crippen molar-refractivity contribution in [2.45, 2.75) is 44.2 Å². The van der Waals surface area contributed by atoms with Crippen LogP contribution in [0, 0.1) is 6.92 Å². The lowest BCUT2D eigenvalue weighted by Gasteiger charge is -2.22. The van der Waals surface area contributed by atoms with E-state index in [1.54, 1.807) is 7.11 Å². The molecule has 1 atom stereocenters. The first-order chi connectivity index (χ1) is 16.0. The van der Waals surface area contributed by atoms with Crippen LogP contribution in [-0.4, -0.2) is 44.2 Å². The average molecular weight is 445 g/mol. The molecule has 1 aliphatic heterocycles. The highest BCUT2D eigenvalue weighted by atomic mass is 16.5. The first-order valence-electron chi connectivity index (χ1n) is 11.8. The summed E-state index contributed by atoms with van der Waals surface area (Å²) in [6, 6.07) is 18.7. The number of nitrogens with one attached hydrogen (secondary N) is 1. The lowest BCUT2D eigenvalue weighted by atomic mass is 9.95. The second-order valence-electron chi connectivity index (χ2n) is 9.50. The van der Waals surface area contributed by atoms with Crippen molar-refractivity contribution < 1.29 is 14.3 Å². The molecule has 1 unspecified atom stereocenters. The van der Waals surface area contributed by atoms with E-state index in [1.807, 2.05) is 43.3 Å². The molecule has 0 spiro atoms. The van der Waals surface area contributed by atoms with Gasteiger partial charge in [-0.3, -0.25) is 4.79 Å². The number of hydrogen-bond acceptors (Lipinski definition) is 4. The van der Waals surface area contributed by atoms with E-state index in [0.717, 1.165) is 59.2 Å². The van der Waals surface area contributed by atoms with Crippen molar-refractivity contribution >= 4 is 16.7 Å². The maximum atomic E-state index is 13.4. The van der Waals surface area contributed by atoms with Gasteiger partial charge in [-0.2, -0.15) is 0 Å². The topological polar surface area (TPSA) is 50.8 Å². The van der Waals surface area contributed by atoms with E-state index in [4.69, 9.17) is 9.47 Å². The summed E-state index contributed by atoms with van der Waals surface area (Å²) < 4.78 is 11.6. The van der Waals surface area contributed by atoms with Crippen molar-refractivity contribution in [3.63, 3.8) is 0 Å². The maximum Gasteiger partial charge on any atom is 0.252 e. The summed E-state index contributed by atoms with van der Waals surface area (Å²) in [7, 11) is 3.83. The number of likely N-dealkylation sites (N-methyl/N-ethyl adjacent to an activating group) is 1. The van der Waals surface area contributed by atoms with Crippen molar-refractivity contribution in [2.75, 3.05) is 27.3 Å². The molecule has 2 fully saturated rings. The highest BCUT2D eigenvalue weighted by molar-refractivity contribution is 5.98. The predicted molar refractivity (Wildman–Crippen MR) is 131 cm³/mol. The molecule has 1 saturated carbocycles. The first kappa shape index (κ1) is 21.8. The minimum atomic E-state index is -0.360. The number of carbonyl (C=O) groups is 1. The summed E-state index contributed by atoms with van der Waals surface area (Å²) in [5.74, 6) is 1.51. The molecule has 1 saturated heterocycles. The van der Waals surface area contributed by atoms with E-state index in [1.165, 1.54) is 6.42 Å². The SMILES string of the molecule is COc1cc(C2(NC(=O)c3cc(OCC4CCCN4C)ccc3C)CC2)c2ccccc2c1. The molecule has 3 aromatic rings. The number of benzene rings is 3. The van der Waals surface area contributed by atoms with Gasteiger partial charge in [-0.05, 0) is 92.4 Å². The quantitative estimate of drug-likeness (QED) is 0.554. The van der Waals surface area contributed by atoms with E-state index < -0.39 is 0 Å². The van der Waals surface area contributed by atoms with Gasteiger partial charge < -0.3 is 19.7 Å². The molecule has 5 rings (SSSR count). The van der Waals surface area contributed by atoms with E-state index in [9.17, 15) is 4.79 Å². The summed E-state index contributed by atoms with van der Waals surface area (Å²) in [6.45, 7) is 3.75. The molecule has 1 N–H and O–H groups in total. The second-order valence-corrected chi connectivity index (χ2v) is 9.50. The number of likely N-dealkylation sites (tertiary alicyclic amines) is 1. The highest BCUT2D eigenvalue weighted by Crippen LogP contribution is 2.49. The maximum absolute atomic E-state index is 13.4. The Morgan fingerprint density at radius 2 is 1.94 bits per heavy atom. The molecule has 33 heavy (non-hydrogen) atoms. The molecule has 5 nitrogen and oxygen atoms in total. The Morgan fingerprint density at radius 3 is 2.67 bits per heavy atom.